The number of imidazole rings is 1. The molecule has 3 heterocycles. The van der Waals surface area contributed by atoms with E-state index >= 15 is 0 Å². The van der Waals surface area contributed by atoms with Crippen molar-refractivity contribution in [2.75, 3.05) is 33.7 Å². The van der Waals surface area contributed by atoms with E-state index in [1.807, 2.05) is 24.3 Å². The van der Waals surface area contributed by atoms with Crippen LogP contribution in [-0.4, -0.2) is 81.1 Å². The van der Waals surface area contributed by atoms with Crippen molar-refractivity contribution in [2.24, 2.45) is 0 Å². The van der Waals surface area contributed by atoms with E-state index in [4.69, 9.17) is 29.7 Å². The lowest BCUT2D eigenvalue weighted by Gasteiger charge is -2.34. The highest BCUT2D eigenvalue weighted by Gasteiger charge is 2.55. The molecular formula is C27H31N5O7. The number of anilines is 1. The Morgan fingerprint density at radius 2 is 1.74 bits per heavy atom. The van der Waals surface area contributed by atoms with Crippen molar-refractivity contribution in [3.05, 3.63) is 54.4 Å². The van der Waals surface area contributed by atoms with Crippen LogP contribution in [0.4, 0.5) is 5.82 Å². The van der Waals surface area contributed by atoms with Gasteiger partial charge in [-0.05, 0) is 30.2 Å². The van der Waals surface area contributed by atoms with Gasteiger partial charge in [0.2, 0.25) is 0 Å². The molecule has 1 aliphatic rings. The lowest BCUT2D eigenvalue weighted by Crippen LogP contribution is -2.46. The van der Waals surface area contributed by atoms with E-state index in [0.717, 1.165) is 5.56 Å². The van der Waals surface area contributed by atoms with Crippen molar-refractivity contribution in [3.63, 3.8) is 0 Å². The molecule has 12 heteroatoms. The van der Waals surface area contributed by atoms with Gasteiger partial charge in [0.05, 0.1) is 34.3 Å². The van der Waals surface area contributed by atoms with Crippen LogP contribution in [0.2, 0.25) is 0 Å². The molecule has 1 saturated heterocycles. The fourth-order valence-electron chi connectivity index (χ4n) is 5.03. The van der Waals surface area contributed by atoms with Gasteiger partial charge in [0.25, 0.3) is 0 Å². The summed E-state index contributed by atoms with van der Waals surface area (Å²) in [7, 11) is 4.66. The molecule has 0 bridgehead atoms. The predicted molar refractivity (Wildman–Crippen MR) is 142 cm³/mol. The Morgan fingerprint density at radius 3 is 2.38 bits per heavy atom. The maximum atomic E-state index is 11.4. The second kappa shape index (κ2) is 10.7. The number of rotatable bonds is 9. The van der Waals surface area contributed by atoms with Crippen molar-refractivity contribution in [2.45, 2.75) is 36.9 Å². The first-order valence-electron chi connectivity index (χ1n) is 12.4. The summed E-state index contributed by atoms with van der Waals surface area (Å²) in [6.45, 7) is -0.493. The molecule has 0 unspecified atom stereocenters. The number of benzene rings is 2. The van der Waals surface area contributed by atoms with Gasteiger partial charge in [0, 0.05) is 18.1 Å². The van der Waals surface area contributed by atoms with Crippen LogP contribution < -0.4 is 19.9 Å². The third-order valence-electron chi connectivity index (χ3n) is 7.09. The van der Waals surface area contributed by atoms with E-state index in [0.29, 0.717) is 34.7 Å². The number of aryl methyl sites for hydroxylation is 1. The predicted octanol–water partition coefficient (Wildman–Crippen LogP) is 1.50. The molecule has 1 fully saturated rings. The highest BCUT2D eigenvalue weighted by Crippen LogP contribution is 2.42. The lowest BCUT2D eigenvalue weighted by molar-refractivity contribution is -0.150. The Labute approximate surface area is 224 Å². The number of methoxy groups -OCH3 is 3. The maximum Gasteiger partial charge on any atom is 0.176 e. The minimum absolute atomic E-state index is 0.113. The molecule has 0 amide bonds. The molecule has 5 N–H and O–H groups in total. The first-order chi connectivity index (χ1) is 18.8. The van der Waals surface area contributed by atoms with Gasteiger partial charge in [0.15, 0.2) is 23.0 Å². The van der Waals surface area contributed by atoms with Crippen molar-refractivity contribution >= 4 is 17.0 Å². The van der Waals surface area contributed by atoms with E-state index < -0.39 is 30.6 Å². The van der Waals surface area contributed by atoms with Gasteiger partial charge in [-0.25, -0.2) is 15.0 Å². The topological polar surface area (TPSA) is 167 Å². The van der Waals surface area contributed by atoms with Gasteiger partial charge in [-0.1, -0.05) is 18.2 Å². The van der Waals surface area contributed by atoms with Crippen LogP contribution in [0.5, 0.6) is 17.2 Å². The first kappa shape index (κ1) is 26.6. The summed E-state index contributed by atoms with van der Waals surface area (Å²) >= 11 is 0. The van der Waals surface area contributed by atoms with E-state index in [1.54, 1.807) is 44.1 Å². The van der Waals surface area contributed by atoms with Crippen LogP contribution in [0.15, 0.2) is 48.8 Å². The number of nitrogens with zero attached hydrogens (tertiary/aromatic N) is 4. The van der Waals surface area contributed by atoms with Crippen LogP contribution in [-0.2, 0) is 16.9 Å². The SMILES string of the molecule is COc1cc(OC)cc(-c2nc(N)c3ncn([C@]4(CCc5ccccc5OC)O[C@H](CO)[C@@H](O)[C@H]4O)c3n2)c1. The number of fused-ring (bicyclic) bond motifs is 1. The second-order valence-electron chi connectivity index (χ2n) is 9.25. The van der Waals surface area contributed by atoms with Gasteiger partial charge >= 0.3 is 0 Å². The molecule has 206 valence electrons. The smallest absolute Gasteiger partial charge is 0.176 e. The largest absolute Gasteiger partial charge is 0.497 e. The Hall–Kier alpha value is -3.97. The number of hydrogen-bond donors (Lipinski definition) is 4. The first-order valence-corrected chi connectivity index (χ1v) is 12.4. The van der Waals surface area contributed by atoms with E-state index in [9.17, 15) is 15.3 Å². The number of aliphatic hydroxyl groups excluding tert-OH is 3. The monoisotopic (exact) mass is 537 g/mol. The molecule has 0 aliphatic carbocycles. The van der Waals surface area contributed by atoms with Crippen LogP contribution >= 0.6 is 0 Å². The standard InChI is InChI=1S/C27H31N5O7/c1-36-17-10-16(11-18(12-17)37-2)25-30-24(28)21-26(31-25)32(14-29-21)27(23(35)22(34)20(13-33)39-27)9-8-15-6-4-5-7-19(15)38-3/h4-7,10-12,14,20,22-23,33-35H,8-9,13H2,1-3H3,(H2,28,30,31)/t20-,22-,23-,27-/m1/s1. The molecule has 0 spiro atoms. The van der Waals surface area contributed by atoms with Gasteiger partial charge < -0.3 is 40.0 Å². The number of ether oxygens (including phenoxy) is 4. The molecule has 1 aliphatic heterocycles. The zero-order valence-corrected chi connectivity index (χ0v) is 21.8. The minimum atomic E-state index is -1.54. The summed E-state index contributed by atoms with van der Waals surface area (Å²) in [6.07, 6.45) is -1.75. The zero-order chi connectivity index (χ0) is 27.7. The summed E-state index contributed by atoms with van der Waals surface area (Å²) in [5, 5.41) is 32.0. The van der Waals surface area contributed by atoms with Gasteiger partial charge in [-0.2, -0.15) is 0 Å². The number of nitrogens with two attached hydrogens (primary N) is 1. The summed E-state index contributed by atoms with van der Waals surface area (Å²) in [4.78, 5) is 13.6. The number of nitrogen functional groups attached to an aromatic ring is 1. The number of para-hydroxylation sites is 1. The van der Waals surface area contributed by atoms with Gasteiger partial charge in [-0.3, -0.25) is 4.57 Å². The third kappa shape index (κ3) is 4.61. The molecular weight excluding hydrogens is 506 g/mol. The van der Waals surface area contributed by atoms with Crippen molar-refractivity contribution in [1.29, 1.82) is 0 Å². The van der Waals surface area contributed by atoms with Crippen molar-refractivity contribution < 1.29 is 34.3 Å². The maximum absolute atomic E-state index is 11.4. The Morgan fingerprint density at radius 1 is 1.03 bits per heavy atom. The molecule has 4 aromatic rings. The van der Waals surface area contributed by atoms with Crippen molar-refractivity contribution in [3.8, 4) is 28.6 Å². The molecule has 0 saturated carbocycles. The van der Waals surface area contributed by atoms with Gasteiger partial charge in [0.1, 0.15) is 41.1 Å². The van der Waals surface area contributed by atoms with Gasteiger partial charge in [-0.15, -0.1) is 0 Å². The second-order valence-corrected chi connectivity index (χ2v) is 9.25. The highest BCUT2D eigenvalue weighted by molar-refractivity contribution is 5.84. The number of aromatic nitrogens is 4. The minimum Gasteiger partial charge on any atom is -0.497 e. The van der Waals surface area contributed by atoms with Crippen LogP contribution in [0.3, 0.4) is 0 Å². The van der Waals surface area contributed by atoms with Crippen LogP contribution in [0.25, 0.3) is 22.6 Å². The summed E-state index contributed by atoms with van der Waals surface area (Å²) in [5.74, 6) is 2.14. The Balaban J connectivity index is 1.65. The molecule has 0 radical (unpaired) electrons. The third-order valence-corrected chi connectivity index (χ3v) is 7.09. The quantitative estimate of drug-likeness (QED) is 0.244. The fraction of sp³-hybridized carbons (Fsp3) is 0.370. The van der Waals surface area contributed by atoms with Crippen molar-refractivity contribution in [1.82, 2.24) is 19.5 Å². The normalized spacial score (nSPS) is 22.8. The Kier molecular flexibility index (Phi) is 7.28. The average Bonchev–Trinajstić information content (AvgIpc) is 3.51. The summed E-state index contributed by atoms with van der Waals surface area (Å²) in [6, 6.07) is 12.7. The van der Waals surface area contributed by atoms with Crippen LogP contribution in [0, 0.1) is 0 Å². The van der Waals surface area contributed by atoms with E-state index in [2.05, 4.69) is 9.97 Å². The molecule has 5 rings (SSSR count). The average molecular weight is 538 g/mol. The Bertz CT molecular complexity index is 1460. The highest BCUT2D eigenvalue weighted by atomic mass is 16.6. The molecule has 4 atom stereocenters. The molecule has 2 aromatic heterocycles. The zero-order valence-electron chi connectivity index (χ0n) is 21.8. The van der Waals surface area contributed by atoms with Crippen LogP contribution in [0.1, 0.15) is 12.0 Å². The molecule has 12 nitrogen and oxygen atoms in total. The fourth-order valence-corrected chi connectivity index (χ4v) is 5.03. The summed E-state index contributed by atoms with van der Waals surface area (Å²) < 4.78 is 24.0. The number of aliphatic hydroxyl groups is 3. The number of hydrogen-bond acceptors (Lipinski definition) is 11. The van der Waals surface area contributed by atoms with E-state index in [-0.39, 0.29) is 23.7 Å². The lowest BCUT2D eigenvalue weighted by atomic mass is 9.94. The molecule has 2 aromatic carbocycles. The van der Waals surface area contributed by atoms with E-state index in [1.165, 1.54) is 6.33 Å². The summed E-state index contributed by atoms with van der Waals surface area (Å²) in [5.41, 5.74) is 6.81. The molecule has 39 heavy (non-hydrogen) atoms.